The summed E-state index contributed by atoms with van der Waals surface area (Å²) in [6, 6.07) is 12.9. The van der Waals surface area contributed by atoms with Gasteiger partial charge in [-0.15, -0.1) is 29.7 Å². The minimum absolute atomic E-state index is 0. The number of fused-ring (bicyclic) bond motifs is 1. The minimum Gasteiger partial charge on any atom is -0.352 e. The molecule has 1 nitrogen and oxygen atoms in total. The van der Waals surface area contributed by atoms with E-state index in [2.05, 4.69) is 11.1 Å². The van der Waals surface area contributed by atoms with Crippen LogP contribution in [0.1, 0.15) is 0 Å². The zero-order valence-electron chi connectivity index (χ0n) is 6.41. The maximum absolute atomic E-state index is 4.15. The second kappa shape index (κ2) is 3.86. The Balaban J connectivity index is 0.000000605. The molecule has 0 amide bonds. The summed E-state index contributed by atoms with van der Waals surface area (Å²) in [4.78, 5) is 4.15. The number of hydrogen-bond acceptors (Lipinski definition) is 1. The Hall–Kier alpha value is -0.370. The van der Waals surface area contributed by atoms with Gasteiger partial charge in [0.25, 0.3) is 0 Å². The maximum atomic E-state index is 4.15. The van der Waals surface area contributed by atoms with Gasteiger partial charge < -0.3 is 4.98 Å². The van der Waals surface area contributed by atoms with Crippen molar-refractivity contribution < 1.29 is 29.6 Å². The number of aromatic nitrogens is 1. The standard InChI is InChI=1S/C9H6N.Na/c1-2-6-9-8(4-1)5-3-7-10-9;/h1-4,6-7H;/q-1;+1. The van der Waals surface area contributed by atoms with Crippen LogP contribution in [0, 0.1) is 6.07 Å². The predicted octanol–water partition coefficient (Wildman–Crippen LogP) is -0.961. The molecule has 1 heterocycles. The van der Waals surface area contributed by atoms with Gasteiger partial charge in [0.1, 0.15) is 0 Å². The topological polar surface area (TPSA) is 12.9 Å². The summed E-state index contributed by atoms with van der Waals surface area (Å²) in [7, 11) is 0. The van der Waals surface area contributed by atoms with Gasteiger partial charge >= 0.3 is 29.6 Å². The summed E-state index contributed by atoms with van der Waals surface area (Å²) in [5.41, 5.74) is 1.00. The van der Waals surface area contributed by atoms with Crippen LogP contribution in [0.15, 0.2) is 36.5 Å². The van der Waals surface area contributed by atoms with Gasteiger partial charge in [-0.3, -0.25) is 0 Å². The van der Waals surface area contributed by atoms with Gasteiger partial charge in [-0.1, -0.05) is 18.3 Å². The molecule has 0 fully saturated rings. The van der Waals surface area contributed by atoms with Crippen LogP contribution in [-0.4, -0.2) is 4.98 Å². The predicted molar refractivity (Wildman–Crippen MR) is 40.6 cm³/mol. The number of para-hydroxylation sites is 1. The normalized spacial score (nSPS) is 9.09. The van der Waals surface area contributed by atoms with Gasteiger partial charge in [0.05, 0.1) is 0 Å². The van der Waals surface area contributed by atoms with Gasteiger partial charge in [-0.25, -0.2) is 0 Å². The molecule has 0 N–H and O–H groups in total. The molecule has 2 aromatic rings. The van der Waals surface area contributed by atoms with Gasteiger partial charge in [0, 0.05) is 0 Å². The average molecular weight is 151 g/mol. The van der Waals surface area contributed by atoms with Crippen LogP contribution in [-0.2, 0) is 0 Å². The largest absolute Gasteiger partial charge is 1.00 e. The monoisotopic (exact) mass is 151 g/mol. The number of benzene rings is 1. The first-order valence-electron chi connectivity index (χ1n) is 3.18. The summed E-state index contributed by atoms with van der Waals surface area (Å²) < 4.78 is 0. The maximum Gasteiger partial charge on any atom is 1.00 e. The third-order valence-corrected chi connectivity index (χ3v) is 1.43. The van der Waals surface area contributed by atoms with E-state index in [1.165, 1.54) is 0 Å². The number of nitrogens with zero attached hydrogens (tertiary/aromatic N) is 1. The van der Waals surface area contributed by atoms with Crippen molar-refractivity contribution in [2.75, 3.05) is 0 Å². The molecule has 0 aliphatic carbocycles. The van der Waals surface area contributed by atoms with Gasteiger partial charge in [0.15, 0.2) is 0 Å². The zero-order chi connectivity index (χ0) is 6.81. The summed E-state index contributed by atoms with van der Waals surface area (Å²) in [5.74, 6) is 0. The fraction of sp³-hybridized carbons (Fsp3) is 0. The zero-order valence-corrected chi connectivity index (χ0v) is 8.41. The fourth-order valence-corrected chi connectivity index (χ4v) is 0.953. The second-order valence-electron chi connectivity index (χ2n) is 2.11. The van der Waals surface area contributed by atoms with Crippen molar-refractivity contribution >= 4 is 10.9 Å². The minimum atomic E-state index is 0. The molecule has 0 unspecified atom stereocenters. The SMILES string of the molecule is [Na+].[c-]1ccnc2ccccc12. The van der Waals surface area contributed by atoms with Crippen LogP contribution in [0.4, 0.5) is 0 Å². The Bertz CT molecular complexity index is 281. The van der Waals surface area contributed by atoms with E-state index in [-0.39, 0.29) is 29.6 Å². The molecular weight excluding hydrogens is 145 g/mol. The van der Waals surface area contributed by atoms with Gasteiger partial charge in [-0.2, -0.15) is 0 Å². The van der Waals surface area contributed by atoms with Crippen LogP contribution >= 0.6 is 0 Å². The van der Waals surface area contributed by atoms with E-state index in [1.54, 1.807) is 6.20 Å². The first-order valence-corrected chi connectivity index (χ1v) is 3.18. The van der Waals surface area contributed by atoms with Crippen molar-refractivity contribution in [1.29, 1.82) is 0 Å². The molecule has 2 heteroatoms. The van der Waals surface area contributed by atoms with E-state index >= 15 is 0 Å². The Morgan fingerprint density at radius 3 is 2.82 bits per heavy atom. The molecule has 0 bridgehead atoms. The molecule has 0 radical (unpaired) electrons. The molecule has 1 aromatic carbocycles. The summed E-state index contributed by atoms with van der Waals surface area (Å²) >= 11 is 0. The van der Waals surface area contributed by atoms with Crippen molar-refractivity contribution in [3.63, 3.8) is 0 Å². The molecule has 2 rings (SSSR count). The smallest absolute Gasteiger partial charge is 0.352 e. The van der Waals surface area contributed by atoms with Crippen LogP contribution in [0.5, 0.6) is 0 Å². The van der Waals surface area contributed by atoms with Crippen molar-refractivity contribution in [2.45, 2.75) is 0 Å². The van der Waals surface area contributed by atoms with Gasteiger partial charge in [0.2, 0.25) is 0 Å². The quantitative estimate of drug-likeness (QED) is 0.349. The van der Waals surface area contributed by atoms with E-state index in [4.69, 9.17) is 0 Å². The molecule has 1 aromatic heterocycles. The van der Waals surface area contributed by atoms with Crippen molar-refractivity contribution in [3.8, 4) is 0 Å². The molecule has 0 saturated carbocycles. The third-order valence-electron chi connectivity index (χ3n) is 1.43. The van der Waals surface area contributed by atoms with E-state index in [1.807, 2.05) is 30.3 Å². The van der Waals surface area contributed by atoms with Crippen LogP contribution in [0.25, 0.3) is 10.9 Å². The van der Waals surface area contributed by atoms with E-state index in [0.29, 0.717) is 0 Å². The molecule has 0 aliphatic heterocycles. The summed E-state index contributed by atoms with van der Waals surface area (Å²) in [5, 5.41) is 1.07. The first-order chi connectivity index (χ1) is 4.97. The first kappa shape index (κ1) is 8.72. The molecule has 0 saturated heterocycles. The van der Waals surface area contributed by atoms with Crippen LogP contribution in [0.3, 0.4) is 0 Å². The van der Waals surface area contributed by atoms with E-state index < -0.39 is 0 Å². The van der Waals surface area contributed by atoms with E-state index in [0.717, 1.165) is 10.9 Å². The summed E-state index contributed by atoms with van der Waals surface area (Å²) in [6.45, 7) is 0. The second-order valence-corrected chi connectivity index (χ2v) is 2.11. The Labute approximate surface area is 87.7 Å². The molecule has 11 heavy (non-hydrogen) atoms. The van der Waals surface area contributed by atoms with E-state index in [9.17, 15) is 0 Å². The fourth-order valence-electron chi connectivity index (χ4n) is 0.953. The van der Waals surface area contributed by atoms with Crippen molar-refractivity contribution in [1.82, 2.24) is 4.98 Å². The Morgan fingerprint density at radius 2 is 2.00 bits per heavy atom. The van der Waals surface area contributed by atoms with Crippen molar-refractivity contribution in [2.24, 2.45) is 0 Å². The average Bonchev–Trinajstić information content (AvgIpc) is 2.05. The Kier molecular flexibility index (Phi) is 3.06. The van der Waals surface area contributed by atoms with Crippen molar-refractivity contribution in [3.05, 3.63) is 42.6 Å². The number of pyridine rings is 1. The van der Waals surface area contributed by atoms with Gasteiger partial charge in [-0.05, 0) is 5.52 Å². The third kappa shape index (κ3) is 1.80. The molecule has 0 spiro atoms. The Morgan fingerprint density at radius 1 is 1.18 bits per heavy atom. The molecule has 48 valence electrons. The summed E-state index contributed by atoms with van der Waals surface area (Å²) in [6.07, 6.45) is 1.75. The molecular formula is C9H6NNa. The van der Waals surface area contributed by atoms with Crippen LogP contribution in [0.2, 0.25) is 0 Å². The number of rotatable bonds is 0. The van der Waals surface area contributed by atoms with Crippen LogP contribution < -0.4 is 29.6 Å². The molecule has 0 aliphatic rings. The molecule has 0 atom stereocenters. The number of hydrogen-bond donors (Lipinski definition) is 0.